The highest BCUT2D eigenvalue weighted by Crippen LogP contribution is 2.30. The second kappa shape index (κ2) is 31.8. The number of benzene rings is 5. The largest absolute Gasteiger partial charge is 0.212 e. The van der Waals surface area contributed by atoms with Crippen LogP contribution in [0.3, 0.4) is 0 Å². The Morgan fingerprint density at radius 1 is 0.303 bits per heavy atom. The second-order valence-corrected chi connectivity index (χ2v) is 24.1. The molecular weight excluding hydrogens is 1080 g/mol. The quantitative estimate of drug-likeness (QED) is 0.122. The average molecular weight is 1200 g/mol. The number of pyridine rings is 5. The van der Waals surface area contributed by atoms with E-state index in [4.69, 9.17) is 21.9 Å². The molecule has 5 heteroatoms. The standard InChI is InChI=1S/4C17H22N.C16H20N/c2*1-12(2)16-10-17(18(5)11-14(16)4)15-9-7-6-8-13(15)3;2*1-12(2)16-11-18(5)17(10-14(16)4)15-9-7-6-8-13(15)3;1-5-14-11-17(4)16(10-13(14)3)15-9-7-6-8-12(15)2/h4*6-12H,1-5H3;6-11H,5H2,1-4H3/q5*+1/i1D3,4D3,12D;4D3,12D;1D3,12D;12D;. The molecule has 5 nitrogen and oxygen atoms in total. The van der Waals surface area contributed by atoms with E-state index in [0.29, 0.717) is 16.8 Å². The molecule has 0 aliphatic rings. The lowest BCUT2D eigenvalue weighted by molar-refractivity contribution is -0.661. The van der Waals surface area contributed by atoms with Crippen LogP contribution in [0.2, 0.25) is 0 Å². The third kappa shape index (κ3) is 17.8. The van der Waals surface area contributed by atoms with Crippen molar-refractivity contribution in [3.63, 3.8) is 0 Å². The van der Waals surface area contributed by atoms with Crippen LogP contribution in [0.4, 0.5) is 0 Å². The van der Waals surface area contributed by atoms with Crippen LogP contribution in [0.5, 0.6) is 0 Å². The molecule has 89 heavy (non-hydrogen) atoms. The molecule has 5 aromatic heterocycles. The lowest BCUT2D eigenvalue weighted by Crippen LogP contribution is -2.32. The van der Waals surface area contributed by atoms with Gasteiger partial charge in [0.05, 0.1) is 0 Å². The van der Waals surface area contributed by atoms with Gasteiger partial charge in [-0.3, -0.25) is 0 Å². The minimum atomic E-state index is -2.66. The van der Waals surface area contributed by atoms with Gasteiger partial charge in [0.25, 0.3) is 0 Å². The van der Waals surface area contributed by atoms with Crippen molar-refractivity contribution in [2.75, 3.05) is 0 Å². The molecule has 0 radical (unpaired) electrons. The van der Waals surface area contributed by atoms with Crippen molar-refractivity contribution in [2.45, 2.75) is 161 Å². The Morgan fingerprint density at radius 2 is 0.562 bits per heavy atom. The SMILES string of the molecule is CCc1c[n+](C)c(-c2ccccc2C)cc1C.[2H]C(C)(C)c1c[n+](C)c(-c2ccccc2C)cc1C.[2H]C([2H])([2H])C([2H])(C)c1c[n+](C)c(-c2ccccc2C)cc1C.[2H]C([2H])([2H])c1c[n+](C)c(-c2ccccc2C)cc1C([2H])(C)C.[2H]C([2H])([2H])c1c[n+](C)c(-c2ccccc2C)cc1C([2H])(C)C([2H])([2H])[2H]. The van der Waals surface area contributed by atoms with E-state index in [1.165, 1.54) is 76.4 Å². The van der Waals surface area contributed by atoms with Gasteiger partial charge in [-0.15, -0.1) is 0 Å². The van der Waals surface area contributed by atoms with Crippen LogP contribution in [-0.4, -0.2) is 0 Å². The van der Waals surface area contributed by atoms with Crippen LogP contribution in [0.1, 0.15) is 191 Å². The van der Waals surface area contributed by atoms with Gasteiger partial charge in [-0.25, -0.2) is 22.8 Å². The van der Waals surface area contributed by atoms with Gasteiger partial charge >= 0.3 is 0 Å². The summed E-state index contributed by atoms with van der Waals surface area (Å²) in [5, 5.41) is 0. The molecule has 0 aliphatic heterocycles. The van der Waals surface area contributed by atoms with Crippen LogP contribution < -0.4 is 22.8 Å². The van der Waals surface area contributed by atoms with Gasteiger partial charge in [0.15, 0.2) is 31.0 Å². The number of nitrogens with zero attached hydrogens (tertiary/aromatic N) is 5. The van der Waals surface area contributed by atoms with E-state index in [2.05, 4.69) is 144 Å². The molecule has 2 unspecified atom stereocenters. The Morgan fingerprint density at radius 3 is 0.854 bits per heavy atom. The summed E-state index contributed by atoms with van der Waals surface area (Å²) in [5.74, 6) is -5.21. The van der Waals surface area contributed by atoms with Gasteiger partial charge < -0.3 is 0 Å². The molecule has 10 aromatic rings. The number of aromatic nitrogens is 5. The third-order valence-corrected chi connectivity index (χ3v) is 16.5. The van der Waals surface area contributed by atoms with Crippen LogP contribution in [0, 0.1) is 69.1 Å². The summed E-state index contributed by atoms with van der Waals surface area (Å²) in [5.41, 5.74) is 23.6. The first kappa shape index (κ1) is 49.7. The molecule has 0 saturated heterocycles. The van der Waals surface area contributed by atoms with Crippen molar-refractivity contribution < 1.29 is 44.8 Å². The van der Waals surface area contributed by atoms with Crippen molar-refractivity contribution in [2.24, 2.45) is 35.2 Å². The fourth-order valence-electron chi connectivity index (χ4n) is 11.3. The van der Waals surface area contributed by atoms with Crippen LogP contribution >= 0.6 is 0 Å². The smallest absolute Gasteiger partial charge is 0.201 e. The topological polar surface area (TPSA) is 19.4 Å². The zero-order valence-corrected chi connectivity index (χ0v) is 56.8. The lowest BCUT2D eigenvalue weighted by Gasteiger charge is -2.11. The van der Waals surface area contributed by atoms with E-state index in [9.17, 15) is 0 Å². The molecule has 464 valence electrons. The predicted molar refractivity (Wildman–Crippen MR) is 378 cm³/mol. The molecule has 2 atom stereocenters. The molecule has 0 spiro atoms. The highest BCUT2D eigenvalue weighted by atomic mass is 14.9. The fraction of sp³-hybridized carbons (Fsp3) is 0.345. The molecule has 5 aromatic carbocycles. The minimum Gasteiger partial charge on any atom is -0.201 e. The Kier molecular flexibility index (Phi) is 17.8. The van der Waals surface area contributed by atoms with E-state index in [1.54, 1.807) is 37.9 Å². The maximum atomic E-state index is 8.40. The highest BCUT2D eigenvalue weighted by Gasteiger charge is 2.21. The first-order valence-corrected chi connectivity index (χ1v) is 30.7. The van der Waals surface area contributed by atoms with Crippen LogP contribution in [-0.2, 0) is 41.7 Å². The maximum absolute atomic E-state index is 8.40. The number of aryl methyl sites for hydroxylation is 16. The lowest BCUT2D eigenvalue weighted by atomic mass is 9.96. The average Bonchev–Trinajstić information content (AvgIpc) is 0.867. The van der Waals surface area contributed by atoms with Gasteiger partial charge in [-0.1, -0.05) is 153 Å². The van der Waals surface area contributed by atoms with Crippen LogP contribution in [0.25, 0.3) is 56.3 Å². The number of hydrogen-bond donors (Lipinski definition) is 0. The van der Waals surface area contributed by atoms with Crippen molar-refractivity contribution in [1.29, 1.82) is 0 Å². The van der Waals surface area contributed by atoms with Crippen molar-refractivity contribution in [3.05, 3.63) is 266 Å². The van der Waals surface area contributed by atoms with Crippen molar-refractivity contribution in [3.8, 4) is 56.3 Å². The zero-order valence-electron chi connectivity index (χ0n) is 72.8. The predicted octanol–water partition coefficient (Wildman–Crippen LogP) is 19.0. The highest BCUT2D eigenvalue weighted by molar-refractivity contribution is 5.65. The Balaban J connectivity index is 0.000000207. The summed E-state index contributed by atoms with van der Waals surface area (Å²) in [6.45, 7) is 18.9. The summed E-state index contributed by atoms with van der Waals surface area (Å²) in [7, 11) is 9.63. The van der Waals surface area contributed by atoms with Gasteiger partial charge in [-0.05, 0) is 185 Å². The first-order valence-electron chi connectivity index (χ1n) is 38.7. The summed E-state index contributed by atoms with van der Waals surface area (Å²) in [4.78, 5) is 0. The van der Waals surface area contributed by atoms with E-state index < -0.39 is 51.0 Å². The molecule has 0 bridgehead atoms. The normalized spacial score (nSPS) is 15.7. The van der Waals surface area contributed by atoms with Crippen LogP contribution in [0.15, 0.2) is 183 Å². The molecule has 0 N–H and O–H groups in total. The summed E-state index contributed by atoms with van der Waals surface area (Å²) in [6, 6.07) is 50.4. The van der Waals surface area contributed by atoms with Gasteiger partial charge in [0.2, 0.25) is 28.5 Å². The van der Waals surface area contributed by atoms with E-state index in [0.717, 1.165) is 62.3 Å². The van der Waals surface area contributed by atoms with Crippen molar-refractivity contribution in [1.82, 2.24) is 0 Å². The van der Waals surface area contributed by atoms with E-state index in [-0.39, 0.29) is 16.7 Å². The molecule has 10 rings (SSSR count). The Labute approximate surface area is 561 Å². The Bertz CT molecular complexity index is 4720. The molecule has 0 saturated carbocycles. The summed E-state index contributed by atoms with van der Waals surface area (Å²) < 4.78 is 136. The van der Waals surface area contributed by atoms with Gasteiger partial charge in [-0.2, -0.15) is 0 Å². The van der Waals surface area contributed by atoms with Crippen molar-refractivity contribution >= 4 is 0 Å². The van der Waals surface area contributed by atoms with Gasteiger partial charge in [0.1, 0.15) is 35.2 Å². The monoisotopic (exact) mass is 1200 g/mol. The summed E-state index contributed by atoms with van der Waals surface area (Å²) >= 11 is 0. The maximum Gasteiger partial charge on any atom is 0.212 e. The van der Waals surface area contributed by atoms with E-state index in [1.807, 2.05) is 137 Å². The van der Waals surface area contributed by atoms with Gasteiger partial charge in [0, 0.05) is 108 Å². The number of rotatable bonds is 10. The third-order valence-electron chi connectivity index (χ3n) is 16.5. The molecular formula is C84H108N5+5. The molecule has 0 fully saturated rings. The molecule has 0 aliphatic carbocycles. The molecule has 5 heterocycles. The fourth-order valence-corrected chi connectivity index (χ4v) is 11.3. The Hall–Kier alpha value is -8.15. The zero-order chi connectivity index (χ0) is 79.2. The number of hydrogen-bond acceptors (Lipinski definition) is 0. The summed E-state index contributed by atoms with van der Waals surface area (Å²) in [6.07, 6.45) is 10.3. The second-order valence-electron chi connectivity index (χ2n) is 24.1. The molecule has 0 amide bonds. The minimum absolute atomic E-state index is 0.00357. The first-order chi connectivity index (χ1) is 48.3. The van der Waals surface area contributed by atoms with E-state index >= 15 is 0 Å².